The Labute approximate surface area is 110 Å². The fraction of sp³-hybridized carbons (Fsp3) is 0.923. The molecule has 0 aliphatic carbocycles. The van der Waals surface area contributed by atoms with Crippen molar-refractivity contribution in [1.82, 2.24) is 10.2 Å². The Balaban J connectivity index is 0.00000137. The number of aliphatic hydroxyl groups is 1. The van der Waals surface area contributed by atoms with Crippen molar-refractivity contribution in [3.05, 3.63) is 0 Å². The number of nitrogens with zero attached hydrogens (tertiary/aromatic N) is 1. The lowest BCUT2D eigenvalue weighted by Gasteiger charge is -2.35. The van der Waals surface area contributed by atoms with Gasteiger partial charge in [0.25, 0.3) is 0 Å². The van der Waals surface area contributed by atoms with Gasteiger partial charge in [-0.2, -0.15) is 0 Å². The standard InChI is InChI=1S/C11H22N2O3.C2H6/c1-8(14)9-7-13(6-5-12-9)10(15)16-11(2,3)4;1-2/h8-9,12,14H,5-7H2,1-4H3;1-2H3/t8-,9?;/m0./s1. The van der Waals surface area contributed by atoms with E-state index in [4.69, 9.17) is 4.74 Å². The second kappa shape index (κ2) is 7.59. The summed E-state index contributed by atoms with van der Waals surface area (Å²) < 4.78 is 5.28. The van der Waals surface area contributed by atoms with E-state index in [2.05, 4.69) is 5.32 Å². The van der Waals surface area contributed by atoms with Gasteiger partial charge in [-0.3, -0.25) is 0 Å². The topological polar surface area (TPSA) is 61.8 Å². The van der Waals surface area contributed by atoms with Crippen LogP contribution in [0.3, 0.4) is 0 Å². The zero-order valence-corrected chi connectivity index (χ0v) is 12.5. The molecule has 0 radical (unpaired) electrons. The molecule has 2 atom stereocenters. The van der Waals surface area contributed by atoms with Gasteiger partial charge in [0.2, 0.25) is 0 Å². The molecule has 1 unspecified atom stereocenters. The molecule has 1 amide bonds. The molecule has 0 aromatic carbocycles. The number of nitrogens with one attached hydrogen (secondary N) is 1. The number of ether oxygens (including phenoxy) is 1. The number of carbonyl (C=O) groups is 1. The maximum atomic E-state index is 11.8. The maximum Gasteiger partial charge on any atom is 0.410 e. The minimum absolute atomic E-state index is 0.0683. The third-order valence-electron chi connectivity index (χ3n) is 2.44. The molecule has 108 valence electrons. The van der Waals surface area contributed by atoms with Crippen molar-refractivity contribution in [2.75, 3.05) is 19.6 Å². The van der Waals surface area contributed by atoms with Gasteiger partial charge in [-0.15, -0.1) is 0 Å². The highest BCUT2D eigenvalue weighted by atomic mass is 16.6. The van der Waals surface area contributed by atoms with Gasteiger partial charge in [0.1, 0.15) is 5.60 Å². The van der Waals surface area contributed by atoms with E-state index in [9.17, 15) is 9.90 Å². The van der Waals surface area contributed by atoms with Gasteiger partial charge < -0.3 is 20.1 Å². The van der Waals surface area contributed by atoms with Gasteiger partial charge in [0.05, 0.1) is 12.1 Å². The van der Waals surface area contributed by atoms with E-state index in [1.54, 1.807) is 11.8 Å². The quantitative estimate of drug-likeness (QED) is 0.752. The largest absolute Gasteiger partial charge is 0.444 e. The van der Waals surface area contributed by atoms with Crippen molar-refractivity contribution in [2.24, 2.45) is 0 Å². The molecule has 1 fully saturated rings. The third kappa shape index (κ3) is 6.21. The lowest BCUT2D eigenvalue weighted by atomic mass is 10.1. The predicted molar refractivity (Wildman–Crippen MR) is 72.6 cm³/mol. The van der Waals surface area contributed by atoms with Crippen LogP contribution < -0.4 is 5.32 Å². The van der Waals surface area contributed by atoms with Crippen LogP contribution in [-0.4, -0.2) is 53.5 Å². The summed E-state index contributed by atoms with van der Waals surface area (Å²) in [4.78, 5) is 13.4. The summed E-state index contributed by atoms with van der Waals surface area (Å²) >= 11 is 0. The van der Waals surface area contributed by atoms with Crippen LogP contribution in [0, 0.1) is 0 Å². The van der Waals surface area contributed by atoms with Crippen LogP contribution in [0.2, 0.25) is 0 Å². The van der Waals surface area contributed by atoms with E-state index in [0.717, 1.165) is 0 Å². The third-order valence-corrected chi connectivity index (χ3v) is 2.44. The van der Waals surface area contributed by atoms with Crippen molar-refractivity contribution in [1.29, 1.82) is 0 Å². The summed E-state index contributed by atoms with van der Waals surface area (Å²) in [7, 11) is 0. The fourth-order valence-electron chi connectivity index (χ4n) is 1.59. The first-order chi connectivity index (χ1) is 8.29. The number of carbonyl (C=O) groups excluding carboxylic acids is 1. The van der Waals surface area contributed by atoms with Crippen LogP contribution in [0.4, 0.5) is 4.79 Å². The lowest BCUT2D eigenvalue weighted by Crippen LogP contribution is -2.57. The molecule has 1 aliphatic rings. The molecule has 1 heterocycles. The molecule has 1 rings (SSSR count). The van der Waals surface area contributed by atoms with Crippen LogP contribution in [0.1, 0.15) is 41.5 Å². The Morgan fingerprint density at radius 2 is 2.00 bits per heavy atom. The van der Waals surface area contributed by atoms with Crippen LogP contribution in [0.25, 0.3) is 0 Å². The molecule has 0 bridgehead atoms. The number of piperazine rings is 1. The van der Waals surface area contributed by atoms with Crippen molar-refractivity contribution < 1.29 is 14.6 Å². The lowest BCUT2D eigenvalue weighted by molar-refractivity contribution is 0.0127. The minimum Gasteiger partial charge on any atom is -0.444 e. The number of rotatable bonds is 1. The monoisotopic (exact) mass is 260 g/mol. The number of amides is 1. The molecule has 0 spiro atoms. The van der Waals surface area contributed by atoms with Gasteiger partial charge >= 0.3 is 6.09 Å². The molecular formula is C13H28N2O3. The zero-order chi connectivity index (χ0) is 14.3. The second-order valence-electron chi connectivity index (χ2n) is 5.23. The second-order valence-corrected chi connectivity index (χ2v) is 5.23. The van der Waals surface area contributed by atoms with Crippen LogP contribution in [0.15, 0.2) is 0 Å². The minimum atomic E-state index is -0.470. The molecule has 0 aromatic rings. The van der Waals surface area contributed by atoms with Gasteiger partial charge in [0.15, 0.2) is 0 Å². The highest BCUT2D eigenvalue weighted by Gasteiger charge is 2.28. The Hall–Kier alpha value is -0.810. The highest BCUT2D eigenvalue weighted by molar-refractivity contribution is 5.68. The zero-order valence-electron chi connectivity index (χ0n) is 12.5. The first-order valence-corrected chi connectivity index (χ1v) is 6.69. The summed E-state index contributed by atoms with van der Waals surface area (Å²) in [6, 6.07) is -0.0683. The molecule has 0 saturated carbocycles. The van der Waals surface area contributed by atoms with Crippen molar-refractivity contribution in [3.8, 4) is 0 Å². The highest BCUT2D eigenvalue weighted by Crippen LogP contribution is 2.12. The SMILES string of the molecule is CC.C[C@H](O)C1CN(C(=O)OC(C)(C)C)CCN1. The van der Waals surface area contributed by atoms with Crippen molar-refractivity contribution in [2.45, 2.75) is 59.3 Å². The molecule has 18 heavy (non-hydrogen) atoms. The molecule has 1 aliphatic heterocycles. The Kier molecular flexibility index (Phi) is 7.25. The number of aliphatic hydroxyl groups excluding tert-OH is 1. The Bertz CT molecular complexity index is 249. The summed E-state index contributed by atoms with van der Waals surface area (Å²) in [5.74, 6) is 0. The van der Waals surface area contributed by atoms with E-state index in [1.165, 1.54) is 0 Å². The van der Waals surface area contributed by atoms with E-state index in [0.29, 0.717) is 19.6 Å². The van der Waals surface area contributed by atoms with Crippen LogP contribution in [-0.2, 0) is 4.74 Å². The first-order valence-electron chi connectivity index (χ1n) is 6.69. The molecular weight excluding hydrogens is 232 g/mol. The van der Waals surface area contributed by atoms with Gasteiger partial charge in [-0.05, 0) is 27.7 Å². The van der Waals surface area contributed by atoms with E-state index < -0.39 is 11.7 Å². The maximum absolute atomic E-state index is 11.8. The first kappa shape index (κ1) is 17.2. The summed E-state index contributed by atoms with van der Waals surface area (Å²) in [6.45, 7) is 13.1. The van der Waals surface area contributed by atoms with Crippen molar-refractivity contribution >= 4 is 6.09 Å². The van der Waals surface area contributed by atoms with Crippen LogP contribution in [0.5, 0.6) is 0 Å². The van der Waals surface area contributed by atoms with Gasteiger partial charge in [-0.1, -0.05) is 13.8 Å². The smallest absolute Gasteiger partial charge is 0.410 e. The molecule has 5 nitrogen and oxygen atoms in total. The average molecular weight is 260 g/mol. The van der Waals surface area contributed by atoms with Crippen LogP contribution >= 0.6 is 0 Å². The molecule has 0 aromatic heterocycles. The van der Waals surface area contributed by atoms with E-state index >= 15 is 0 Å². The van der Waals surface area contributed by atoms with Gasteiger partial charge in [0, 0.05) is 19.6 Å². The Morgan fingerprint density at radius 3 is 2.44 bits per heavy atom. The summed E-state index contributed by atoms with van der Waals surface area (Å²) in [5, 5.41) is 12.6. The summed E-state index contributed by atoms with van der Waals surface area (Å²) in [6.07, 6.45) is -0.773. The van der Waals surface area contributed by atoms with E-state index in [-0.39, 0.29) is 12.1 Å². The summed E-state index contributed by atoms with van der Waals surface area (Å²) in [5.41, 5.74) is -0.470. The number of hydrogen-bond acceptors (Lipinski definition) is 4. The van der Waals surface area contributed by atoms with Gasteiger partial charge in [-0.25, -0.2) is 4.79 Å². The Morgan fingerprint density at radius 1 is 1.44 bits per heavy atom. The normalized spacial score (nSPS) is 21.7. The molecule has 2 N–H and O–H groups in total. The molecule has 1 saturated heterocycles. The molecule has 5 heteroatoms. The predicted octanol–water partition coefficient (Wildman–Crippen LogP) is 1.60. The average Bonchev–Trinajstić information content (AvgIpc) is 2.29. The van der Waals surface area contributed by atoms with Crippen molar-refractivity contribution in [3.63, 3.8) is 0 Å². The fourth-order valence-corrected chi connectivity index (χ4v) is 1.59. The van der Waals surface area contributed by atoms with E-state index in [1.807, 2.05) is 34.6 Å². The number of hydrogen-bond donors (Lipinski definition) is 2.